The van der Waals surface area contributed by atoms with Gasteiger partial charge in [0.2, 0.25) is 0 Å². The maximum atomic E-state index is 12.4. The number of hydrogen-bond acceptors (Lipinski definition) is 9. The maximum Gasteiger partial charge on any atom is 0.305 e. The summed E-state index contributed by atoms with van der Waals surface area (Å²) in [5.41, 5.74) is 0. The van der Waals surface area contributed by atoms with Gasteiger partial charge in [0, 0.05) is 50.9 Å². The van der Waals surface area contributed by atoms with Crippen molar-refractivity contribution in [3.8, 4) is 0 Å². The fourth-order valence-corrected chi connectivity index (χ4v) is 6.65. The van der Waals surface area contributed by atoms with Gasteiger partial charge < -0.3 is 19.3 Å². The number of carbonyl (C=O) groups is 3. The molecule has 0 aliphatic heterocycles. The lowest BCUT2D eigenvalue weighted by Gasteiger charge is -2.32. The normalized spacial score (nSPS) is 13.6. The van der Waals surface area contributed by atoms with Gasteiger partial charge in [-0.25, -0.2) is 0 Å². The zero-order valence-corrected chi connectivity index (χ0v) is 31.4. The Kier molecular flexibility index (Phi) is 28.9. The van der Waals surface area contributed by atoms with E-state index in [4.69, 9.17) is 14.2 Å². The Hall–Kier alpha value is -1.71. The Balaban J connectivity index is 2.54. The van der Waals surface area contributed by atoms with Crippen LogP contribution in [0.15, 0.2) is 0 Å². The molecule has 9 nitrogen and oxygen atoms in total. The van der Waals surface area contributed by atoms with E-state index in [0.29, 0.717) is 45.1 Å². The van der Waals surface area contributed by atoms with E-state index in [1.54, 1.807) is 0 Å². The van der Waals surface area contributed by atoms with E-state index in [-0.39, 0.29) is 30.4 Å². The van der Waals surface area contributed by atoms with E-state index < -0.39 is 0 Å². The number of rotatable bonds is 33. The molecule has 0 saturated heterocycles. The third kappa shape index (κ3) is 24.4. The van der Waals surface area contributed by atoms with Gasteiger partial charge in [0.15, 0.2) is 0 Å². The highest BCUT2D eigenvalue weighted by Crippen LogP contribution is 2.24. The van der Waals surface area contributed by atoms with Crippen LogP contribution < -0.4 is 0 Å². The monoisotopic (exact) mass is 683 g/mol. The van der Waals surface area contributed by atoms with Crippen molar-refractivity contribution in [1.82, 2.24) is 9.80 Å². The van der Waals surface area contributed by atoms with Crippen LogP contribution >= 0.6 is 0 Å². The average Bonchev–Trinajstić information content (AvgIpc) is 3.63. The molecule has 0 spiro atoms. The molecule has 1 fully saturated rings. The minimum Gasteiger partial charge on any atom is -0.469 e. The van der Waals surface area contributed by atoms with Gasteiger partial charge in [-0.1, -0.05) is 90.9 Å². The van der Waals surface area contributed by atoms with E-state index in [2.05, 4.69) is 23.6 Å². The summed E-state index contributed by atoms with van der Waals surface area (Å²) in [5.74, 6) is -0.426. The molecule has 0 unspecified atom stereocenters. The van der Waals surface area contributed by atoms with Crippen LogP contribution in [0.25, 0.3) is 0 Å². The predicted molar refractivity (Wildman–Crippen MR) is 194 cm³/mol. The average molecular weight is 683 g/mol. The zero-order chi connectivity index (χ0) is 35.1. The van der Waals surface area contributed by atoms with Crippen LogP contribution in [0.2, 0.25) is 0 Å². The topological polar surface area (TPSA) is 106 Å². The van der Waals surface area contributed by atoms with Crippen LogP contribution in [0.4, 0.5) is 0 Å². The minimum absolute atomic E-state index is 0.00131. The number of aliphatic hydroxyl groups is 1. The summed E-state index contributed by atoms with van der Waals surface area (Å²) in [6.45, 7) is 9.64. The minimum atomic E-state index is -0.150. The second-order valence-corrected chi connectivity index (χ2v) is 14.0. The van der Waals surface area contributed by atoms with Gasteiger partial charge in [0.25, 0.3) is 0 Å². The number of methoxy groups -OCH3 is 1. The smallest absolute Gasteiger partial charge is 0.305 e. The lowest BCUT2D eigenvalue weighted by atomic mass is 10.0. The Morgan fingerprint density at radius 3 is 1.69 bits per heavy atom. The quantitative estimate of drug-likeness (QED) is 0.0421. The third-order valence-electron chi connectivity index (χ3n) is 9.78. The van der Waals surface area contributed by atoms with Gasteiger partial charge in [-0.2, -0.15) is 0 Å². The van der Waals surface area contributed by atoms with Crippen molar-refractivity contribution >= 4 is 17.9 Å². The second-order valence-electron chi connectivity index (χ2n) is 14.0. The highest BCUT2D eigenvalue weighted by Gasteiger charge is 2.23. The van der Waals surface area contributed by atoms with Gasteiger partial charge >= 0.3 is 17.9 Å². The highest BCUT2D eigenvalue weighted by atomic mass is 16.5. The summed E-state index contributed by atoms with van der Waals surface area (Å²) >= 11 is 0. The summed E-state index contributed by atoms with van der Waals surface area (Å²) in [7, 11) is 1.45. The largest absolute Gasteiger partial charge is 0.469 e. The van der Waals surface area contributed by atoms with Crippen molar-refractivity contribution < 1.29 is 33.7 Å². The van der Waals surface area contributed by atoms with Crippen molar-refractivity contribution in [2.24, 2.45) is 5.92 Å². The lowest BCUT2D eigenvalue weighted by Crippen LogP contribution is -2.41. The van der Waals surface area contributed by atoms with E-state index >= 15 is 0 Å². The van der Waals surface area contributed by atoms with Gasteiger partial charge in [-0.3, -0.25) is 24.2 Å². The number of unbranched alkanes of at least 4 members (excludes halogenated alkanes) is 11. The highest BCUT2D eigenvalue weighted by molar-refractivity contribution is 5.70. The van der Waals surface area contributed by atoms with Gasteiger partial charge in [-0.15, -0.1) is 0 Å². The molecule has 0 aromatic heterocycles. The first-order valence-electron chi connectivity index (χ1n) is 19.9. The number of esters is 3. The summed E-state index contributed by atoms with van der Waals surface area (Å²) in [6, 6.07) is 0.639. The second kappa shape index (κ2) is 31.3. The maximum absolute atomic E-state index is 12.4. The van der Waals surface area contributed by atoms with Crippen LogP contribution in [-0.2, 0) is 28.6 Å². The van der Waals surface area contributed by atoms with Crippen LogP contribution in [0.1, 0.15) is 162 Å². The third-order valence-corrected chi connectivity index (χ3v) is 9.78. The van der Waals surface area contributed by atoms with E-state index in [0.717, 1.165) is 103 Å². The van der Waals surface area contributed by atoms with E-state index in [9.17, 15) is 19.5 Å². The van der Waals surface area contributed by atoms with Crippen LogP contribution in [0.5, 0.6) is 0 Å². The molecule has 1 N–H and O–H groups in total. The molecule has 1 aliphatic rings. The van der Waals surface area contributed by atoms with Crippen LogP contribution in [-0.4, -0.2) is 98.5 Å². The number of ether oxygens (including phenoxy) is 3. The van der Waals surface area contributed by atoms with Gasteiger partial charge in [0.1, 0.15) is 0 Å². The van der Waals surface area contributed by atoms with Gasteiger partial charge in [-0.05, 0) is 64.5 Å². The molecule has 1 saturated carbocycles. The Morgan fingerprint density at radius 2 is 1.15 bits per heavy atom. The van der Waals surface area contributed by atoms with Crippen molar-refractivity contribution in [1.29, 1.82) is 0 Å². The molecule has 1 rings (SSSR count). The van der Waals surface area contributed by atoms with Crippen molar-refractivity contribution in [2.75, 3.05) is 59.7 Å². The molecule has 0 amide bonds. The molecule has 0 heterocycles. The SMILES string of the molecule is CCCCCCCC(=O)OCC(CCCCN(CCO)CCN(CCCCCC(=O)OC)C1CCCC1)COC(=O)CCCCCCC. The molecule has 0 radical (unpaired) electrons. The first-order chi connectivity index (χ1) is 23.4. The summed E-state index contributed by atoms with van der Waals surface area (Å²) in [4.78, 5) is 41.3. The van der Waals surface area contributed by atoms with Crippen molar-refractivity contribution in [3.63, 3.8) is 0 Å². The number of carbonyl (C=O) groups excluding carboxylic acids is 3. The fraction of sp³-hybridized carbons (Fsp3) is 0.923. The number of nitrogens with zero attached hydrogens (tertiary/aromatic N) is 2. The van der Waals surface area contributed by atoms with E-state index in [1.807, 2.05) is 0 Å². The molecule has 0 atom stereocenters. The Bertz CT molecular complexity index is 760. The van der Waals surface area contributed by atoms with Crippen LogP contribution in [0, 0.1) is 5.92 Å². The molecule has 1 aliphatic carbocycles. The Labute approximate surface area is 294 Å². The molecule has 9 heteroatoms. The zero-order valence-electron chi connectivity index (χ0n) is 31.4. The molecule has 0 aromatic carbocycles. The van der Waals surface area contributed by atoms with E-state index in [1.165, 1.54) is 58.5 Å². The fourth-order valence-electron chi connectivity index (χ4n) is 6.65. The first kappa shape index (κ1) is 44.3. The molecule has 282 valence electrons. The predicted octanol–water partition coefficient (Wildman–Crippen LogP) is 7.85. The molecule has 48 heavy (non-hydrogen) atoms. The summed E-state index contributed by atoms with van der Waals surface area (Å²) < 4.78 is 16.1. The number of aliphatic hydroxyl groups excluding tert-OH is 1. The van der Waals surface area contributed by atoms with Crippen molar-refractivity contribution in [2.45, 2.75) is 168 Å². The molecular weight excluding hydrogens is 608 g/mol. The van der Waals surface area contributed by atoms with Crippen molar-refractivity contribution in [3.05, 3.63) is 0 Å². The summed E-state index contributed by atoms with van der Waals surface area (Å²) in [6.07, 6.45) is 23.2. The first-order valence-corrected chi connectivity index (χ1v) is 19.9. The van der Waals surface area contributed by atoms with Crippen LogP contribution in [0.3, 0.4) is 0 Å². The number of hydrogen-bond donors (Lipinski definition) is 1. The Morgan fingerprint density at radius 1 is 0.625 bits per heavy atom. The lowest BCUT2D eigenvalue weighted by molar-refractivity contribution is -0.149. The van der Waals surface area contributed by atoms with Gasteiger partial charge in [0.05, 0.1) is 26.9 Å². The molecule has 0 aromatic rings. The molecular formula is C39H74N2O7. The molecule has 0 bridgehead atoms. The standard InChI is InChI=1S/C39H74N2O7/c1-4-6-8-10-13-25-38(44)47-33-35(34-48-39(45)26-14-11-9-7-5-2)21-18-20-27-40(31-32-42)29-30-41(36-22-16-17-23-36)28-19-12-15-24-37(43)46-3/h35-36,42H,4-34H2,1-3H3. The summed E-state index contributed by atoms with van der Waals surface area (Å²) in [5, 5.41) is 9.79.